The predicted octanol–water partition coefficient (Wildman–Crippen LogP) is 3.08. The van der Waals surface area contributed by atoms with Crippen molar-refractivity contribution >= 4 is 21.2 Å². The highest BCUT2D eigenvalue weighted by molar-refractivity contribution is 7.89. The average molecular weight is 275 g/mol. The van der Waals surface area contributed by atoms with Crippen LogP contribution >= 0.6 is 0 Å². The van der Waals surface area contributed by atoms with Crippen LogP contribution in [0.25, 0.3) is 0 Å². The van der Waals surface area contributed by atoms with Crippen LogP contribution in [-0.4, -0.2) is 14.7 Å². The molecule has 98 valence electrons. The number of sulfone groups is 1. The topological polar surface area (TPSA) is 55.4 Å². The highest BCUT2D eigenvalue weighted by Crippen LogP contribution is 2.41. The Bertz CT molecular complexity index is 738. The average Bonchev–Trinajstić information content (AvgIpc) is 2.34. The molecule has 0 saturated carbocycles. The number of nitrogens with one attached hydrogen (secondary N) is 1. The van der Waals surface area contributed by atoms with Crippen molar-refractivity contribution in [3.8, 4) is 11.5 Å². The van der Waals surface area contributed by atoms with Gasteiger partial charge in [-0.25, -0.2) is 8.42 Å². The van der Waals surface area contributed by atoms with E-state index in [1.165, 1.54) is 6.26 Å². The molecular weight excluding hydrogens is 262 g/mol. The van der Waals surface area contributed by atoms with Gasteiger partial charge in [-0.2, -0.15) is 0 Å². The van der Waals surface area contributed by atoms with Gasteiger partial charge in [0.25, 0.3) is 0 Å². The van der Waals surface area contributed by atoms with E-state index >= 15 is 0 Å². The van der Waals surface area contributed by atoms with E-state index in [1.54, 1.807) is 12.1 Å². The Morgan fingerprint density at radius 2 is 1.79 bits per heavy atom. The SMILES string of the molecule is CS(=O)(=O)Cc1ccc2c(c1)Oc1ccccc1N2. The van der Waals surface area contributed by atoms with Crippen molar-refractivity contribution in [1.82, 2.24) is 0 Å². The van der Waals surface area contributed by atoms with Gasteiger partial charge in [-0.15, -0.1) is 0 Å². The third-order valence-electron chi connectivity index (χ3n) is 2.85. The molecule has 0 amide bonds. The van der Waals surface area contributed by atoms with Gasteiger partial charge in [0, 0.05) is 6.26 Å². The summed E-state index contributed by atoms with van der Waals surface area (Å²) < 4.78 is 28.4. The molecule has 4 nitrogen and oxygen atoms in total. The van der Waals surface area contributed by atoms with Crippen molar-refractivity contribution in [2.45, 2.75) is 5.75 Å². The van der Waals surface area contributed by atoms with Crippen molar-refractivity contribution in [3.63, 3.8) is 0 Å². The monoisotopic (exact) mass is 275 g/mol. The van der Waals surface area contributed by atoms with E-state index in [9.17, 15) is 8.42 Å². The van der Waals surface area contributed by atoms with Crippen LogP contribution in [0.5, 0.6) is 11.5 Å². The highest BCUT2D eigenvalue weighted by atomic mass is 32.2. The Morgan fingerprint density at radius 1 is 1.05 bits per heavy atom. The molecule has 5 heteroatoms. The van der Waals surface area contributed by atoms with Crippen LogP contribution < -0.4 is 10.1 Å². The molecule has 1 heterocycles. The maximum absolute atomic E-state index is 11.3. The van der Waals surface area contributed by atoms with Crippen LogP contribution in [0.1, 0.15) is 5.56 Å². The van der Waals surface area contributed by atoms with E-state index in [-0.39, 0.29) is 5.75 Å². The molecule has 1 aliphatic heterocycles. The lowest BCUT2D eigenvalue weighted by Crippen LogP contribution is -2.05. The highest BCUT2D eigenvalue weighted by Gasteiger charge is 2.16. The maximum atomic E-state index is 11.3. The van der Waals surface area contributed by atoms with Gasteiger partial charge in [0.1, 0.15) is 0 Å². The number of anilines is 2. The first kappa shape index (κ1) is 12.0. The third kappa shape index (κ3) is 2.56. The Morgan fingerprint density at radius 3 is 2.58 bits per heavy atom. The number of para-hydroxylation sites is 2. The van der Waals surface area contributed by atoms with Crippen molar-refractivity contribution < 1.29 is 13.2 Å². The molecule has 19 heavy (non-hydrogen) atoms. The Hall–Kier alpha value is -2.01. The number of rotatable bonds is 2. The van der Waals surface area contributed by atoms with Gasteiger partial charge >= 0.3 is 0 Å². The van der Waals surface area contributed by atoms with E-state index in [1.807, 2.05) is 30.3 Å². The predicted molar refractivity (Wildman–Crippen MR) is 74.8 cm³/mol. The number of hydrogen-bond acceptors (Lipinski definition) is 4. The molecule has 3 rings (SSSR count). The minimum Gasteiger partial charge on any atom is -0.453 e. The molecule has 0 spiro atoms. The van der Waals surface area contributed by atoms with Crippen molar-refractivity contribution in [2.75, 3.05) is 11.6 Å². The minimum absolute atomic E-state index is 0.0191. The molecule has 0 aromatic heterocycles. The van der Waals surface area contributed by atoms with Crippen LogP contribution in [0.15, 0.2) is 42.5 Å². The smallest absolute Gasteiger partial charge is 0.151 e. The zero-order chi connectivity index (χ0) is 13.5. The van der Waals surface area contributed by atoms with Gasteiger partial charge in [0.05, 0.1) is 17.1 Å². The van der Waals surface area contributed by atoms with Gasteiger partial charge in [0.15, 0.2) is 21.3 Å². The van der Waals surface area contributed by atoms with Crippen LogP contribution in [-0.2, 0) is 15.6 Å². The summed E-state index contributed by atoms with van der Waals surface area (Å²) in [7, 11) is -3.04. The molecule has 0 bridgehead atoms. The lowest BCUT2D eigenvalue weighted by atomic mass is 10.1. The maximum Gasteiger partial charge on any atom is 0.151 e. The molecule has 1 N–H and O–H groups in total. The third-order valence-corrected chi connectivity index (χ3v) is 3.71. The second-order valence-electron chi connectivity index (χ2n) is 4.62. The molecular formula is C14H13NO3S. The normalized spacial score (nSPS) is 12.9. The summed E-state index contributed by atoms with van der Waals surface area (Å²) in [6.45, 7) is 0. The van der Waals surface area contributed by atoms with Gasteiger partial charge in [-0.1, -0.05) is 18.2 Å². The number of ether oxygens (including phenoxy) is 1. The second-order valence-corrected chi connectivity index (χ2v) is 6.76. The van der Waals surface area contributed by atoms with Gasteiger partial charge < -0.3 is 10.1 Å². The molecule has 1 aliphatic rings. The Kier molecular flexibility index (Phi) is 2.71. The zero-order valence-corrected chi connectivity index (χ0v) is 11.2. The number of benzene rings is 2. The summed E-state index contributed by atoms with van der Waals surface area (Å²) in [6.07, 6.45) is 1.22. The van der Waals surface area contributed by atoms with Crippen molar-refractivity contribution in [2.24, 2.45) is 0 Å². The van der Waals surface area contributed by atoms with Crippen molar-refractivity contribution in [3.05, 3.63) is 48.0 Å². The molecule has 0 unspecified atom stereocenters. The summed E-state index contributed by atoms with van der Waals surface area (Å²) in [5.41, 5.74) is 2.48. The number of fused-ring (bicyclic) bond motifs is 2. The van der Waals surface area contributed by atoms with E-state index in [0.717, 1.165) is 22.7 Å². The second kappa shape index (κ2) is 4.28. The summed E-state index contributed by atoms with van der Waals surface area (Å²) in [4.78, 5) is 0. The first-order valence-corrected chi connectivity index (χ1v) is 7.92. The molecule has 0 radical (unpaired) electrons. The van der Waals surface area contributed by atoms with Gasteiger partial charge in [-0.05, 0) is 29.8 Å². The molecule has 2 aromatic carbocycles. The van der Waals surface area contributed by atoms with Gasteiger partial charge in [0.2, 0.25) is 0 Å². The largest absolute Gasteiger partial charge is 0.453 e. The molecule has 2 aromatic rings. The molecule has 0 saturated heterocycles. The standard InChI is InChI=1S/C14H13NO3S/c1-19(16,17)9-10-6-7-12-14(8-10)18-13-5-3-2-4-11(13)15-12/h2-8,15H,9H2,1H3. The summed E-state index contributed by atoms with van der Waals surface area (Å²) >= 11 is 0. The van der Waals surface area contributed by atoms with Crippen LogP contribution in [0.2, 0.25) is 0 Å². The van der Waals surface area contributed by atoms with E-state index in [0.29, 0.717) is 5.75 Å². The fourth-order valence-corrected chi connectivity index (χ4v) is 2.85. The summed E-state index contributed by atoms with van der Waals surface area (Å²) in [6, 6.07) is 13.0. The minimum atomic E-state index is -3.04. The molecule has 0 atom stereocenters. The fraction of sp³-hybridized carbons (Fsp3) is 0.143. The van der Waals surface area contributed by atoms with Crippen LogP contribution in [0.3, 0.4) is 0 Å². The zero-order valence-electron chi connectivity index (χ0n) is 10.4. The number of hydrogen-bond donors (Lipinski definition) is 1. The summed E-state index contributed by atoms with van der Waals surface area (Å²) in [5.74, 6) is 1.41. The lowest BCUT2D eigenvalue weighted by Gasteiger charge is -2.22. The van der Waals surface area contributed by atoms with Gasteiger partial charge in [-0.3, -0.25) is 0 Å². The summed E-state index contributed by atoms with van der Waals surface area (Å²) in [5, 5.41) is 3.26. The fourth-order valence-electron chi connectivity index (χ4n) is 2.07. The van der Waals surface area contributed by atoms with E-state index < -0.39 is 9.84 Å². The van der Waals surface area contributed by atoms with Crippen LogP contribution in [0.4, 0.5) is 11.4 Å². The quantitative estimate of drug-likeness (QED) is 0.781. The first-order valence-electron chi connectivity index (χ1n) is 5.86. The van der Waals surface area contributed by atoms with Crippen molar-refractivity contribution in [1.29, 1.82) is 0 Å². The molecule has 0 fully saturated rings. The Labute approximate surface area is 112 Å². The van der Waals surface area contributed by atoms with E-state index in [2.05, 4.69) is 5.32 Å². The first-order chi connectivity index (χ1) is 9.01. The Balaban J connectivity index is 1.96. The lowest BCUT2D eigenvalue weighted by molar-refractivity contribution is 0.480. The van der Waals surface area contributed by atoms with E-state index in [4.69, 9.17) is 4.74 Å². The van der Waals surface area contributed by atoms with Crippen LogP contribution in [0, 0.1) is 0 Å². The molecule has 0 aliphatic carbocycles.